The van der Waals surface area contributed by atoms with E-state index in [0.29, 0.717) is 56.0 Å². The zero-order valence-electron chi connectivity index (χ0n) is 25.1. The first-order chi connectivity index (χ1) is 20.5. The van der Waals surface area contributed by atoms with Crippen LogP contribution in [0.5, 0.6) is 0 Å². The Morgan fingerprint density at radius 1 is 1.21 bits per heavy atom. The Balaban J connectivity index is 1.56. The van der Waals surface area contributed by atoms with E-state index in [4.69, 9.17) is 36.2 Å². The minimum atomic E-state index is -3.96. The molecule has 3 aromatic rings. The number of halogens is 1. The van der Waals surface area contributed by atoms with Gasteiger partial charge in [0.2, 0.25) is 11.8 Å². The zero-order valence-corrected chi connectivity index (χ0v) is 26.6. The molecule has 0 radical (unpaired) electrons. The van der Waals surface area contributed by atoms with Crippen molar-refractivity contribution in [3.63, 3.8) is 0 Å². The second kappa shape index (κ2) is 13.0. The van der Waals surface area contributed by atoms with Crippen LogP contribution in [0, 0.1) is 11.8 Å². The lowest BCUT2D eigenvalue weighted by Gasteiger charge is -2.32. The van der Waals surface area contributed by atoms with E-state index in [1.807, 2.05) is 37.3 Å². The second-order valence-corrected chi connectivity index (χ2v) is 13.9. The second-order valence-electron chi connectivity index (χ2n) is 11.6. The van der Waals surface area contributed by atoms with E-state index in [0.717, 1.165) is 22.8 Å². The number of pyridine rings is 1. The highest BCUT2D eigenvalue weighted by molar-refractivity contribution is 7.90. The molecule has 3 heterocycles. The topological polar surface area (TPSA) is 140 Å². The van der Waals surface area contributed by atoms with E-state index in [2.05, 4.69) is 22.0 Å². The number of anilines is 2. The smallest absolute Gasteiger partial charge is 0.305 e. The summed E-state index contributed by atoms with van der Waals surface area (Å²) in [5.74, 6) is 2.06. The molecular formula is C29H40ClN7O5S. The summed E-state index contributed by atoms with van der Waals surface area (Å²) >= 11 is 6.94. The molecule has 0 bridgehead atoms. The number of morpholine rings is 1. The molecule has 5 rings (SSSR count). The molecule has 2 aliphatic rings. The van der Waals surface area contributed by atoms with E-state index in [-0.39, 0.29) is 35.7 Å². The number of benzene rings is 1. The Kier molecular flexibility index (Phi) is 9.59. The first-order valence-electron chi connectivity index (χ1n) is 14.4. The van der Waals surface area contributed by atoms with E-state index in [1.165, 1.54) is 11.4 Å². The molecule has 3 atom stereocenters. The van der Waals surface area contributed by atoms with Crippen molar-refractivity contribution in [1.29, 1.82) is 0 Å². The minimum absolute atomic E-state index is 0.0615. The molecule has 2 N–H and O–H groups in total. The Bertz CT molecular complexity index is 1500. The Morgan fingerprint density at radius 2 is 1.91 bits per heavy atom. The Hall–Kier alpha value is -2.81. The van der Waals surface area contributed by atoms with Crippen molar-refractivity contribution in [2.75, 3.05) is 69.4 Å². The summed E-state index contributed by atoms with van der Waals surface area (Å²) < 4.78 is 46.7. The lowest BCUT2D eigenvalue weighted by molar-refractivity contribution is 0.0729. The van der Waals surface area contributed by atoms with Crippen LogP contribution >= 0.6 is 11.6 Å². The number of methoxy groups -OCH3 is 1. The van der Waals surface area contributed by atoms with Crippen LogP contribution in [0.3, 0.4) is 0 Å². The lowest BCUT2D eigenvalue weighted by Crippen LogP contribution is -2.47. The quantitative estimate of drug-likeness (QED) is 0.298. The van der Waals surface area contributed by atoms with Gasteiger partial charge in [0.25, 0.3) is 0 Å². The summed E-state index contributed by atoms with van der Waals surface area (Å²) in [6.45, 7) is 6.91. The fraction of sp³-hybridized carbons (Fsp3) is 0.552. The van der Waals surface area contributed by atoms with Crippen molar-refractivity contribution in [1.82, 2.24) is 19.5 Å². The molecule has 1 aromatic carbocycles. The number of ether oxygens (including phenoxy) is 2. The van der Waals surface area contributed by atoms with Crippen LogP contribution in [0.1, 0.15) is 31.7 Å². The molecular weight excluding hydrogens is 594 g/mol. The van der Waals surface area contributed by atoms with Gasteiger partial charge in [-0.05, 0) is 43.2 Å². The highest BCUT2D eigenvalue weighted by Crippen LogP contribution is 2.42. The van der Waals surface area contributed by atoms with Crippen LogP contribution < -0.4 is 14.9 Å². The molecule has 2 aromatic heterocycles. The summed E-state index contributed by atoms with van der Waals surface area (Å²) in [5, 5.41) is 8.67. The highest BCUT2D eigenvalue weighted by Gasteiger charge is 2.37. The molecule has 12 nitrogen and oxygen atoms in total. The van der Waals surface area contributed by atoms with Gasteiger partial charge >= 0.3 is 10.2 Å². The van der Waals surface area contributed by atoms with Crippen molar-refractivity contribution in [3.05, 3.63) is 52.9 Å². The molecule has 2 fully saturated rings. The van der Waals surface area contributed by atoms with Gasteiger partial charge in [0.05, 0.1) is 35.9 Å². The molecule has 0 spiro atoms. The Labute approximate surface area is 258 Å². The molecule has 234 valence electrons. The van der Waals surface area contributed by atoms with Gasteiger partial charge in [0.1, 0.15) is 5.82 Å². The first kappa shape index (κ1) is 31.6. The molecule has 1 aliphatic heterocycles. The van der Waals surface area contributed by atoms with Gasteiger partial charge in [-0.1, -0.05) is 48.9 Å². The van der Waals surface area contributed by atoms with Crippen LogP contribution in [0.25, 0.3) is 11.5 Å². The molecule has 1 saturated heterocycles. The van der Waals surface area contributed by atoms with Gasteiger partial charge in [0.15, 0.2) is 5.82 Å². The fourth-order valence-corrected chi connectivity index (χ4v) is 6.85. The maximum atomic E-state index is 13.7. The molecule has 2 unspecified atom stereocenters. The van der Waals surface area contributed by atoms with Gasteiger partial charge in [0, 0.05) is 40.3 Å². The first-order valence-corrected chi connectivity index (χ1v) is 16.2. The molecule has 0 amide bonds. The molecule has 43 heavy (non-hydrogen) atoms. The van der Waals surface area contributed by atoms with E-state index >= 15 is 0 Å². The van der Waals surface area contributed by atoms with Crippen molar-refractivity contribution in [3.8, 4) is 11.5 Å². The molecule has 1 aliphatic carbocycles. The van der Waals surface area contributed by atoms with Crippen LogP contribution in [-0.4, -0.2) is 88.1 Å². The van der Waals surface area contributed by atoms with E-state index < -0.39 is 15.7 Å². The average molecular weight is 634 g/mol. The molecule has 14 heteroatoms. The maximum absolute atomic E-state index is 13.7. The summed E-state index contributed by atoms with van der Waals surface area (Å²) in [7, 11) is -0.864. The van der Waals surface area contributed by atoms with Gasteiger partial charge in [-0.15, -0.1) is 10.2 Å². The number of hydrogen-bond acceptors (Lipinski definition) is 10. The van der Waals surface area contributed by atoms with Crippen molar-refractivity contribution >= 4 is 33.4 Å². The van der Waals surface area contributed by atoms with Crippen LogP contribution in [-0.2, 0) is 31.6 Å². The zero-order chi connectivity index (χ0) is 30.8. The summed E-state index contributed by atoms with van der Waals surface area (Å²) in [6.07, 6.45) is 1.59. The number of aromatic nitrogens is 3. The van der Waals surface area contributed by atoms with Gasteiger partial charge in [-0.2, -0.15) is 12.7 Å². The Morgan fingerprint density at radius 3 is 2.56 bits per heavy atom. The molecule has 1 saturated carbocycles. The average Bonchev–Trinajstić information content (AvgIpc) is 3.46. The number of nitrogens with two attached hydrogens (primary N) is 1. The maximum Gasteiger partial charge on any atom is 0.305 e. The third kappa shape index (κ3) is 7.13. The van der Waals surface area contributed by atoms with Crippen molar-refractivity contribution < 1.29 is 22.3 Å². The van der Waals surface area contributed by atoms with Crippen LogP contribution in [0.4, 0.5) is 11.6 Å². The predicted octanol–water partition coefficient (Wildman–Crippen LogP) is 3.32. The number of rotatable bonds is 13. The standard InChI is InChI=1S/C29H40ClN7O5S/c1-20-16-22(20)19-36(10-13-40-4)24-17-23(25(30)26(32-24)35(3)43(38,39)37-11-14-41-15-12-37)27-33-34-28(42-27)29(2,31)18-21-8-6-5-7-9-21/h5-9,17,20,22H,10-16,18-19,31H2,1-4H3/t20?,22?,29-/m0/s1. The largest absolute Gasteiger partial charge is 0.419 e. The minimum Gasteiger partial charge on any atom is -0.419 e. The fourth-order valence-electron chi connectivity index (χ4n) is 5.18. The normalized spacial score (nSPS) is 20.5. The highest BCUT2D eigenvalue weighted by atomic mass is 35.5. The SMILES string of the molecule is COCCN(CC1CC1C)c1cc(-c2nnc([C@@](C)(N)Cc3ccccc3)o2)c(Cl)c(N(C)S(=O)(=O)N2CCOCC2)n1. The van der Waals surface area contributed by atoms with E-state index in [1.54, 1.807) is 13.2 Å². The van der Waals surface area contributed by atoms with Crippen LogP contribution in [0.2, 0.25) is 5.02 Å². The van der Waals surface area contributed by atoms with Crippen LogP contribution in [0.15, 0.2) is 40.8 Å². The van der Waals surface area contributed by atoms with Gasteiger partial charge < -0.3 is 24.5 Å². The van der Waals surface area contributed by atoms with Gasteiger partial charge in [-0.25, -0.2) is 9.29 Å². The van der Waals surface area contributed by atoms with Crippen molar-refractivity contribution in [2.45, 2.75) is 32.2 Å². The third-order valence-corrected chi connectivity index (χ3v) is 10.3. The lowest BCUT2D eigenvalue weighted by atomic mass is 9.94. The third-order valence-electron chi connectivity index (χ3n) is 8.05. The number of nitrogens with zero attached hydrogens (tertiary/aromatic N) is 6. The predicted molar refractivity (Wildman–Crippen MR) is 165 cm³/mol. The summed E-state index contributed by atoms with van der Waals surface area (Å²) in [4.78, 5) is 6.90. The van der Waals surface area contributed by atoms with E-state index in [9.17, 15) is 8.42 Å². The monoisotopic (exact) mass is 633 g/mol. The number of hydrogen-bond donors (Lipinski definition) is 1. The van der Waals surface area contributed by atoms with Crippen molar-refractivity contribution in [2.24, 2.45) is 17.6 Å². The van der Waals surface area contributed by atoms with Gasteiger partial charge in [-0.3, -0.25) is 0 Å². The summed E-state index contributed by atoms with van der Waals surface area (Å²) in [5.41, 5.74) is 7.09. The summed E-state index contributed by atoms with van der Waals surface area (Å²) in [6, 6.07) is 11.6.